The summed E-state index contributed by atoms with van der Waals surface area (Å²) in [6.07, 6.45) is 0.338. The molecule has 104 valence electrons. The first-order valence-corrected chi connectivity index (χ1v) is 6.55. The molecule has 0 radical (unpaired) electrons. The van der Waals surface area contributed by atoms with Gasteiger partial charge < -0.3 is 20.5 Å². The van der Waals surface area contributed by atoms with E-state index in [-0.39, 0.29) is 18.4 Å². The maximum Gasteiger partial charge on any atom is 0.226 e. The van der Waals surface area contributed by atoms with Gasteiger partial charge >= 0.3 is 0 Å². The molecule has 1 heterocycles. The van der Waals surface area contributed by atoms with Crippen LogP contribution in [0, 0.1) is 0 Å². The number of halogens is 2. The highest BCUT2D eigenvalue weighted by Crippen LogP contribution is 2.32. The van der Waals surface area contributed by atoms with Crippen LogP contribution in [0.15, 0.2) is 12.1 Å². The molecule has 1 saturated heterocycles. The minimum Gasteiger partial charge on any atom is -0.399 e. The van der Waals surface area contributed by atoms with E-state index >= 15 is 0 Å². The summed E-state index contributed by atoms with van der Waals surface area (Å²) in [6, 6.07) is 3.07. The number of anilines is 2. The van der Waals surface area contributed by atoms with Crippen molar-refractivity contribution in [1.82, 2.24) is 0 Å². The summed E-state index contributed by atoms with van der Waals surface area (Å²) in [5.74, 6) is -0.214. The Balaban J connectivity index is 1.84. The highest BCUT2D eigenvalue weighted by Gasteiger charge is 2.19. The average molecular weight is 305 g/mol. The van der Waals surface area contributed by atoms with Gasteiger partial charge in [-0.3, -0.25) is 4.79 Å². The molecule has 0 atom stereocenters. The first-order chi connectivity index (χ1) is 9.06. The van der Waals surface area contributed by atoms with E-state index in [0.717, 1.165) is 0 Å². The first-order valence-electron chi connectivity index (χ1n) is 5.80. The Bertz CT molecular complexity index is 455. The quantitative estimate of drug-likeness (QED) is 0.819. The van der Waals surface area contributed by atoms with E-state index in [1.807, 2.05) is 0 Å². The molecule has 0 bridgehead atoms. The lowest BCUT2D eigenvalue weighted by Crippen LogP contribution is -2.36. The summed E-state index contributed by atoms with van der Waals surface area (Å²) in [5.41, 5.74) is 6.40. The molecule has 19 heavy (non-hydrogen) atoms. The maximum atomic E-state index is 11.7. The number of carbonyl (C=O) groups is 1. The van der Waals surface area contributed by atoms with Gasteiger partial charge in [-0.15, -0.1) is 0 Å². The van der Waals surface area contributed by atoms with Gasteiger partial charge in [0.05, 0.1) is 42.0 Å². The number of nitrogens with two attached hydrogens (primary N) is 1. The third-order valence-electron chi connectivity index (χ3n) is 2.62. The second-order valence-corrected chi connectivity index (χ2v) is 5.00. The zero-order valence-electron chi connectivity index (χ0n) is 10.1. The number of benzene rings is 1. The van der Waals surface area contributed by atoms with Gasteiger partial charge in [-0.05, 0) is 12.1 Å². The number of hydrogen-bond acceptors (Lipinski definition) is 4. The number of nitrogen functional groups attached to an aromatic ring is 1. The van der Waals surface area contributed by atoms with Crippen LogP contribution in [0.25, 0.3) is 0 Å². The molecule has 1 aliphatic heterocycles. The predicted molar refractivity (Wildman–Crippen MR) is 74.7 cm³/mol. The summed E-state index contributed by atoms with van der Waals surface area (Å²) in [5, 5.41) is 3.27. The molecule has 7 heteroatoms. The Morgan fingerprint density at radius 2 is 2.05 bits per heavy atom. The fraction of sp³-hybridized carbons (Fsp3) is 0.417. The summed E-state index contributed by atoms with van der Waals surface area (Å²) in [6.45, 7) is 1.53. The molecular formula is C12H14Cl2N2O3. The number of rotatable bonds is 5. The van der Waals surface area contributed by atoms with Crippen molar-refractivity contribution in [3.63, 3.8) is 0 Å². The van der Waals surface area contributed by atoms with Crippen LogP contribution in [0.5, 0.6) is 0 Å². The number of nitrogens with one attached hydrogen (secondary N) is 1. The fourth-order valence-electron chi connectivity index (χ4n) is 1.54. The van der Waals surface area contributed by atoms with Crippen molar-refractivity contribution in [2.45, 2.75) is 12.5 Å². The molecule has 0 aliphatic carbocycles. The third-order valence-corrected chi connectivity index (χ3v) is 3.22. The summed E-state index contributed by atoms with van der Waals surface area (Å²) in [7, 11) is 0. The van der Waals surface area contributed by atoms with Crippen molar-refractivity contribution >= 4 is 40.5 Å². The number of ether oxygens (including phenoxy) is 2. The second-order valence-electron chi connectivity index (χ2n) is 4.19. The first kappa shape index (κ1) is 14.4. The van der Waals surface area contributed by atoms with Gasteiger partial charge in [0.25, 0.3) is 0 Å². The molecule has 5 nitrogen and oxygen atoms in total. The molecule has 1 fully saturated rings. The Hall–Kier alpha value is -1.01. The Morgan fingerprint density at radius 1 is 1.42 bits per heavy atom. The van der Waals surface area contributed by atoms with Crippen molar-refractivity contribution < 1.29 is 14.3 Å². The zero-order valence-corrected chi connectivity index (χ0v) is 11.6. The standard InChI is InChI=1S/C12H14Cl2N2O3/c13-9-3-7(15)4-10(14)12(9)16-11(17)1-2-19-8-5-18-6-8/h3-4,8H,1-2,5-6,15H2,(H,16,17). The fourth-order valence-corrected chi connectivity index (χ4v) is 2.14. The molecule has 1 amide bonds. The lowest BCUT2D eigenvalue weighted by Gasteiger charge is -2.25. The van der Waals surface area contributed by atoms with Crippen LogP contribution in [0.1, 0.15) is 6.42 Å². The predicted octanol–water partition coefficient (Wildman–Crippen LogP) is 2.32. The average Bonchev–Trinajstić information content (AvgIpc) is 2.27. The number of carbonyl (C=O) groups excluding carboxylic acids is 1. The van der Waals surface area contributed by atoms with Crippen molar-refractivity contribution in [3.8, 4) is 0 Å². The normalized spacial score (nSPS) is 15.1. The summed E-state index contributed by atoms with van der Waals surface area (Å²) in [4.78, 5) is 11.7. The maximum absolute atomic E-state index is 11.7. The van der Waals surface area contributed by atoms with E-state index in [0.29, 0.717) is 41.2 Å². The highest BCUT2D eigenvalue weighted by molar-refractivity contribution is 6.40. The highest BCUT2D eigenvalue weighted by atomic mass is 35.5. The van der Waals surface area contributed by atoms with Gasteiger partial charge in [0.2, 0.25) is 5.91 Å². The monoisotopic (exact) mass is 304 g/mol. The van der Waals surface area contributed by atoms with E-state index in [2.05, 4.69) is 5.32 Å². The molecule has 1 aromatic carbocycles. The molecule has 1 aromatic rings. The van der Waals surface area contributed by atoms with E-state index in [9.17, 15) is 4.79 Å². The van der Waals surface area contributed by atoms with Gasteiger partial charge in [-0.2, -0.15) is 0 Å². The van der Waals surface area contributed by atoms with E-state index < -0.39 is 0 Å². The van der Waals surface area contributed by atoms with Crippen LogP contribution < -0.4 is 11.1 Å². The molecule has 2 rings (SSSR count). The Labute approximate surface area is 121 Å². The Morgan fingerprint density at radius 3 is 2.58 bits per heavy atom. The summed E-state index contributed by atoms with van der Waals surface area (Å²) < 4.78 is 10.4. The molecule has 0 unspecified atom stereocenters. The van der Waals surface area contributed by atoms with E-state index in [4.69, 9.17) is 38.4 Å². The molecule has 0 aromatic heterocycles. The van der Waals surface area contributed by atoms with Crippen molar-refractivity contribution in [2.24, 2.45) is 0 Å². The smallest absolute Gasteiger partial charge is 0.226 e. The second kappa shape index (κ2) is 6.43. The topological polar surface area (TPSA) is 73.6 Å². The minimum atomic E-state index is -0.214. The van der Waals surface area contributed by atoms with Gasteiger partial charge in [0, 0.05) is 5.69 Å². The van der Waals surface area contributed by atoms with Crippen LogP contribution in [0.3, 0.4) is 0 Å². The van der Waals surface area contributed by atoms with E-state index in [1.165, 1.54) is 12.1 Å². The van der Waals surface area contributed by atoms with Crippen molar-refractivity contribution in [1.29, 1.82) is 0 Å². The summed E-state index contributed by atoms with van der Waals surface area (Å²) >= 11 is 11.9. The van der Waals surface area contributed by atoms with Crippen LogP contribution in [0.2, 0.25) is 10.0 Å². The third kappa shape index (κ3) is 3.98. The molecule has 0 spiro atoms. The van der Waals surface area contributed by atoms with Crippen LogP contribution in [-0.2, 0) is 14.3 Å². The molecule has 3 N–H and O–H groups in total. The SMILES string of the molecule is Nc1cc(Cl)c(NC(=O)CCOC2COC2)c(Cl)c1. The number of amides is 1. The van der Waals surface area contributed by atoms with Gasteiger partial charge in [0.15, 0.2) is 0 Å². The van der Waals surface area contributed by atoms with Crippen LogP contribution >= 0.6 is 23.2 Å². The Kier molecular flexibility index (Phi) is 4.87. The van der Waals surface area contributed by atoms with Crippen LogP contribution in [-0.4, -0.2) is 31.8 Å². The van der Waals surface area contributed by atoms with Gasteiger partial charge in [-0.25, -0.2) is 0 Å². The molecule has 1 aliphatic rings. The van der Waals surface area contributed by atoms with Crippen molar-refractivity contribution in [2.75, 3.05) is 30.9 Å². The van der Waals surface area contributed by atoms with E-state index in [1.54, 1.807) is 0 Å². The minimum absolute atomic E-state index is 0.108. The largest absolute Gasteiger partial charge is 0.399 e. The lowest BCUT2D eigenvalue weighted by atomic mass is 10.2. The van der Waals surface area contributed by atoms with Crippen LogP contribution in [0.4, 0.5) is 11.4 Å². The molecule has 0 saturated carbocycles. The van der Waals surface area contributed by atoms with Gasteiger partial charge in [-0.1, -0.05) is 23.2 Å². The molecular weight excluding hydrogens is 291 g/mol. The van der Waals surface area contributed by atoms with Gasteiger partial charge in [0.1, 0.15) is 6.10 Å². The van der Waals surface area contributed by atoms with Crippen molar-refractivity contribution in [3.05, 3.63) is 22.2 Å². The number of hydrogen-bond donors (Lipinski definition) is 2. The zero-order chi connectivity index (χ0) is 13.8. The lowest BCUT2D eigenvalue weighted by molar-refractivity contribution is -0.135.